The summed E-state index contributed by atoms with van der Waals surface area (Å²) >= 11 is 1.74. The number of aromatic nitrogens is 2. The summed E-state index contributed by atoms with van der Waals surface area (Å²) in [5, 5.41) is 9.79. The molecule has 2 amide bonds. The van der Waals surface area contributed by atoms with Crippen LogP contribution in [0.1, 0.15) is 16.8 Å². The van der Waals surface area contributed by atoms with Crippen LogP contribution in [-0.2, 0) is 21.1 Å². The fraction of sp³-hybridized carbons (Fsp3) is 0.235. The van der Waals surface area contributed by atoms with Gasteiger partial charge in [-0.1, -0.05) is 23.8 Å². The number of hydrogen-bond donors (Lipinski definition) is 2. The van der Waals surface area contributed by atoms with E-state index in [0.29, 0.717) is 5.82 Å². The van der Waals surface area contributed by atoms with E-state index in [2.05, 4.69) is 22.3 Å². The van der Waals surface area contributed by atoms with E-state index < -0.39 is 11.8 Å². The molecule has 24 heavy (non-hydrogen) atoms. The summed E-state index contributed by atoms with van der Waals surface area (Å²) < 4.78 is 1.70. The first-order valence-electron chi connectivity index (χ1n) is 7.55. The summed E-state index contributed by atoms with van der Waals surface area (Å²) in [6.07, 6.45) is 1.52. The van der Waals surface area contributed by atoms with Gasteiger partial charge in [-0.05, 0) is 19.1 Å². The van der Waals surface area contributed by atoms with Gasteiger partial charge in [0.15, 0.2) is 0 Å². The average molecular weight is 342 g/mol. The van der Waals surface area contributed by atoms with Crippen molar-refractivity contribution in [2.75, 3.05) is 11.9 Å². The van der Waals surface area contributed by atoms with Gasteiger partial charge in [-0.3, -0.25) is 9.59 Å². The lowest BCUT2D eigenvalue weighted by molar-refractivity contribution is -0.136. The fourth-order valence-corrected chi connectivity index (χ4v) is 3.46. The minimum atomic E-state index is -0.704. The summed E-state index contributed by atoms with van der Waals surface area (Å²) in [7, 11) is 0. The maximum absolute atomic E-state index is 12.1. The monoisotopic (exact) mass is 342 g/mol. The molecule has 0 bridgehead atoms. The zero-order valence-corrected chi connectivity index (χ0v) is 14.2. The highest BCUT2D eigenvalue weighted by Crippen LogP contribution is 2.36. The maximum atomic E-state index is 12.1. The third-order valence-electron chi connectivity index (χ3n) is 3.68. The van der Waals surface area contributed by atoms with Gasteiger partial charge in [0.25, 0.3) is 0 Å². The van der Waals surface area contributed by atoms with Crippen molar-refractivity contribution in [1.82, 2.24) is 15.1 Å². The smallest absolute Gasteiger partial charge is 0.314 e. The zero-order chi connectivity index (χ0) is 17.1. The number of rotatable bonds is 4. The molecule has 0 aliphatic carbocycles. The van der Waals surface area contributed by atoms with Crippen LogP contribution in [0, 0.1) is 6.92 Å². The molecule has 1 aromatic heterocycles. The second-order valence-corrected chi connectivity index (χ2v) is 6.45. The number of thioether (sulfide) groups is 1. The van der Waals surface area contributed by atoms with Crippen LogP contribution in [0.5, 0.6) is 0 Å². The molecule has 0 atom stereocenters. The highest BCUT2D eigenvalue weighted by atomic mass is 32.2. The van der Waals surface area contributed by atoms with Crippen molar-refractivity contribution in [3.05, 3.63) is 53.7 Å². The Balaban J connectivity index is 1.91. The Labute approximate surface area is 144 Å². The lowest BCUT2D eigenvalue weighted by Crippen LogP contribution is -2.36. The van der Waals surface area contributed by atoms with Crippen molar-refractivity contribution in [1.29, 1.82) is 0 Å². The number of anilines is 1. The van der Waals surface area contributed by atoms with Crippen molar-refractivity contribution in [2.24, 2.45) is 0 Å². The van der Waals surface area contributed by atoms with Crippen LogP contribution in [-0.4, -0.2) is 28.1 Å². The quantitative estimate of drug-likeness (QED) is 0.659. The predicted octanol–water partition coefficient (Wildman–Crippen LogP) is 2.17. The molecule has 1 aromatic carbocycles. The van der Waals surface area contributed by atoms with Crippen molar-refractivity contribution < 1.29 is 9.59 Å². The first kappa shape index (κ1) is 16.3. The number of aryl methyl sites for hydroxylation is 1. The zero-order valence-electron chi connectivity index (χ0n) is 13.3. The number of benzene rings is 1. The molecule has 3 rings (SSSR count). The van der Waals surface area contributed by atoms with Crippen LogP contribution < -0.4 is 10.6 Å². The van der Waals surface area contributed by atoms with Gasteiger partial charge in [-0.25, -0.2) is 4.68 Å². The molecule has 0 spiro atoms. The Morgan fingerprint density at radius 1 is 1.29 bits per heavy atom. The Morgan fingerprint density at radius 2 is 2.04 bits per heavy atom. The highest BCUT2D eigenvalue weighted by molar-refractivity contribution is 7.98. The van der Waals surface area contributed by atoms with Crippen LogP contribution in [0.15, 0.2) is 36.9 Å². The molecule has 2 heterocycles. The minimum absolute atomic E-state index is 0.247. The molecule has 0 fully saturated rings. The average Bonchev–Trinajstić information content (AvgIpc) is 3.16. The second kappa shape index (κ2) is 6.92. The van der Waals surface area contributed by atoms with Gasteiger partial charge in [0.2, 0.25) is 0 Å². The number of nitrogens with one attached hydrogen (secondary N) is 2. The van der Waals surface area contributed by atoms with Gasteiger partial charge in [0, 0.05) is 23.6 Å². The summed E-state index contributed by atoms with van der Waals surface area (Å²) in [5.41, 5.74) is 3.91. The Hall–Kier alpha value is -2.54. The molecule has 2 aromatic rings. The van der Waals surface area contributed by atoms with Gasteiger partial charge in [0.1, 0.15) is 5.82 Å². The maximum Gasteiger partial charge on any atom is 0.314 e. The van der Waals surface area contributed by atoms with E-state index in [-0.39, 0.29) is 6.54 Å². The molecule has 0 saturated carbocycles. The van der Waals surface area contributed by atoms with Gasteiger partial charge in [-0.15, -0.1) is 6.58 Å². The van der Waals surface area contributed by atoms with E-state index >= 15 is 0 Å². The summed E-state index contributed by atoms with van der Waals surface area (Å²) in [5.74, 6) is 0.749. The lowest BCUT2D eigenvalue weighted by Gasteiger charge is -2.11. The molecular formula is C17H18N4O2S. The molecule has 0 saturated heterocycles. The van der Waals surface area contributed by atoms with Crippen molar-refractivity contribution in [3.8, 4) is 5.69 Å². The topological polar surface area (TPSA) is 76.0 Å². The van der Waals surface area contributed by atoms with E-state index in [1.807, 2.05) is 31.2 Å². The largest absolute Gasteiger partial charge is 0.344 e. The lowest BCUT2D eigenvalue weighted by atomic mass is 10.2. The van der Waals surface area contributed by atoms with Crippen LogP contribution in [0.4, 0.5) is 5.82 Å². The van der Waals surface area contributed by atoms with Crippen LogP contribution in [0.25, 0.3) is 5.69 Å². The molecular weight excluding hydrogens is 324 g/mol. The van der Waals surface area contributed by atoms with E-state index in [4.69, 9.17) is 0 Å². The molecule has 7 heteroatoms. The number of amides is 2. The summed E-state index contributed by atoms with van der Waals surface area (Å²) in [6.45, 7) is 5.77. The van der Waals surface area contributed by atoms with Gasteiger partial charge < -0.3 is 10.6 Å². The number of nitrogens with zero attached hydrogens (tertiary/aromatic N) is 2. The number of carbonyl (C=O) groups is 2. The Kier molecular flexibility index (Phi) is 4.71. The van der Waals surface area contributed by atoms with Crippen molar-refractivity contribution in [3.63, 3.8) is 0 Å². The van der Waals surface area contributed by atoms with Crippen molar-refractivity contribution in [2.45, 2.75) is 18.4 Å². The van der Waals surface area contributed by atoms with E-state index in [9.17, 15) is 9.59 Å². The van der Waals surface area contributed by atoms with Crippen LogP contribution in [0.3, 0.4) is 0 Å². The molecule has 124 valence electrons. The van der Waals surface area contributed by atoms with E-state index in [1.54, 1.807) is 16.4 Å². The van der Waals surface area contributed by atoms with Crippen LogP contribution in [0.2, 0.25) is 0 Å². The SMILES string of the molecule is C=CCNC(=O)C(=O)Nc1c2c(nn1-c1ccc(C)cc1)CSC2. The van der Waals surface area contributed by atoms with Gasteiger partial charge >= 0.3 is 11.8 Å². The molecule has 1 aliphatic rings. The molecule has 0 radical (unpaired) electrons. The third-order valence-corrected chi connectivity index (χ3v) is 4.65. The molecule has 2 N–H and O–H groups in total. The predicted molar refractivity (Wildman–Crippen MR) is 95.1 cm³/mol. The van der Waals surface area contributed by atoms with E-state index in [1.165, 1.54) is 6.08 Å². The van der Waals surface area contributed by atoms with Crippen LogP contribution >= 0.6 is 11.8 Å². The molecule has 6 nitrogen and oxygen atoms in total. The fourth-order valence-electron chi connectivity index (χ4n) is 2.42. The Morgan fingerprint density at radius 3 is 2.75 bits per heavy atom. The molecule has 1 aliphatic heterocycles. The normalized spacial score (nSPS) is 12.5. The minimum Gasteiger partial charge on any atom is -0.344 e. The first-order chi connectivity index (χ1) is 11.6. The first-order valence-corrected chi connectivity index (χ1v) is 8.71. The number of fused-ring (bicyclic) bond motifs is 1. The van der Waals surface area contributed by atoms with Crippen molar-refractivity contribution >= 4 is 29.4 Å². The van der Waals surface area contributed by atoms with Gasteiger partial charge in [-0.2, -0.15) is 16.9 Å². The third kappa shape index (κ3) is 3.21. The summed E-state index contributed by atoms with van der Waals surface area (Å²) in [6, 6.07) is 7.86. The number of hydrogen-bond acceptors (Lipinski definition) is 4. The van der Waals surface area contributed by atoms with E-state index in [0.717, 1.165) is 34.0 Å². The van der Waals surface area contributed by atoms with Gasteiger partial charge in [0.05, 0.1) is 11.4 Å². The molecule has 0 unspecified atom stereocenters. The highest BCUT2D eigenvalue weighted by Gasteiger charge is 2.26. The summed E-state index contributed by atoms with van der Waals surface area (Å²) in [4.78, 5) is 24.0. The number of carbonyl (C=O) groups excluding carboxylic acids is 2. The standard InChI is InChI=1S/C17H18N4O2S/c1-3-8-18-16(22)17(23)19-15-13-9-24-10-14(13)20-21(15)12-6-4-11(2)5-7-12/h3-7H,1,8-10H2,2H3,(H,18,22)(H,19,23). The second-order valence-electron chi connectivity index (χ2n) is 5.47. The Bertz CT molecular complexity index is 796.